The lowest BCUT2D eigenvalue weighted by Gasteiger charge is -2.21. The van der Waals surface area contributed by atoms with E-state index in [9.17, 15) is 0 Å². The molecule has 6 heteroatoms. The summed E-state index contributed by atoms with van der Waals surface area (Å²) in [7, 11) is 0. The van der Waals surface area contributed by atoms with Crippen LogP contribution in [0.25, 0.3) is 11.5 Å². The smallest absolute Gasteiger partial charge is 0.191 e. The number of nitrogens with zero attached hydrogens (tertiary/aromatic N) is 4. The molecule has 26 heavy (non-hydrogen) atoms. The molecule has 2 aromatic heterocycles. The standard InChI is InChI=1S/C20H26N4S2/c1-3-17(25-4-2)14-24-19(18-12-8-9-13-21-18)22-23-20(24)26-15-16-10-6-5-7-11-16/h3-4,8-9,12-13,16H,2,5-7,10-11,14-15H2,1H3. The molecule has 0 unspecified atom stereocenters. The van der Waals surface area contributed by atoms with Crippen LogP contribution in [0.2, 0.25) is 0 Å². The second-order valence-corrected chi connectivity index (χ2v) is 8.54. The molecule has 0 bridgehead atoms. The van der Waals surface area contributed by atoms with Crippen molar-refractivity contribution in [1.82, 2.24) is 19.7 Å². The lowest BCUT2D eigenvalue weighted by atomic mass is 9.91. The summed E-state index contributed by atoms with van der Waals surface area (Å²) >= 11 is 3.49. The van der Waals surface area contributed by atoms with E-state index in [1.165, 1.54) is 37.0 Å². The third kappa shape index (κ3) is 5.01. The van der Waals surface area contributed by atoms with Gasteiger partial charge in [0.15, 0.2) is 11.0 Å². The normalized spacial score (nSPS) is 16.0. The van der Waals surface area contributed by atoms with Gasteiger partial charge in [-0.2, -0.15) is 0 Å². The molecule has 0 aromatic carbocycles. The van der Waals surface area contributed by atoms with Crippen molar-refractivity contribution < 1.29 is 0 Å². The molecule has 0 atom stereocenters. The number of thioether (sulfide) groups is 2. The van der Waals surface area contributed by atoms with Crippen molar-refractivity contribution in [2.24, 2.45) is 5.92 Å². The molecular weight excluding hydrogens is 360 g/mol. The SMILES string of the molecule is C=CSC(=CC)Cn1c(SCC2CCCCC2)nnc1-c1ccccn1. The Labute approximate surface area is 164 Å². The molecule has 1 aliphatic carbocycles. The fourth-order valence-electron chi connectivity index (χ4n) is 3.23. The van der Waals surface area contributed by atoms with Gasteiger partial charge in [0.25, 0.3) is 0 Å². The number of hydrogen-bond acceptors (Lipinski definition) is 5. The molecule has 1 saturated carbocycles. The van der Waals surface area contributed by atoms with Crippen LogP contribution in [-0.2, 0) is 6.54 Å². The highest BCUT2D eigenvalue weighted by molar-refractivity contribution is 8.05. The van der Waals surface area contributed by atoms with Gasteiger partial charge in [-0.15, -0.1) is 22.0 Å². The Morgan fingerprint density at radius 1 is 1.27 bits per heavy atom. The molecule has 2 aromatic rings. The summed E-state index contributed by atoms with van der Waals surface area (Å²) in [4.78, 5) is 5.71. The van der Waals surface area contributed by atoms with E-state index in [2.05, 4.69) is 39.3 Å². The molecule has 0 saturated heterocycles. The lowest BCUT2D eigenvalue weighted by molar-refractivity contribution is 0.390. The van der Waals surface area contributed by atoms with Crippen molar-refractivity contribution in [2.45, 2.75) is 50.7 Å². The van der Waals surface area contributed by atoms with E-state index in [4.69, 9.17) is 0 Å². The van der Waals surface area contributed by atoms with Gasteiger partial charge in [0.05, 0.1) is 6.54 Å². The minimum Gasteiger partial charge on any atom is -0.296 e. The first-order valence-electron chi connectivity index (χ1n) is 9.22. The van der Waals surface area contributed by atoms with Gasteiger partial charge in [0.1, 0.15) is 5.69 Å². The maximum absolute atomic E-state index is 4.50. The Balaban J connectivity index is 1.83. The van der Waals surface area contributed by atoms with Crippen molar-refractivity contribution in [3.63, 3.8) is 0 Å². The van der Waals surface area contributed by atoms with Crippen LogP contribution in [0.3, 0.4) is 0 Å². The molecule has 0 amide bonds. The first kappa shape index (κ1) is 19.2. The Bertz CT molecular complexity index is 734. The molecule has 0 radical (unpaired) electrons. The van der Waals surface area contributed by atoms with Crippen molar-refractivity contribution in [3.05, 3.63) is 47.4 Å². The largest absolute Gasteiger partial charge is 0.296 e. The Hall–Kier alpha value is -1.53. The van der Waals surface area contributed by atoms with Crippen LogP contribution < -0.4 is 0 Å². The van der Waals surface area contributed by atoms with Crippen LogP contribution in [0.5, 0.6) is 0 Å². The van der Waals surface area contributed by atoms with Gasteiger partial charge < -0.3 is 0 Å². The second kappa shape index (κ2) is 9.97. The average molecular weight is 387 g/mol. The predicted molar refractivity (Wildman–Crippen MR) is 112 cm³/mol. The summed E-state index contributed by atoms with van der Waals surface area (Å²) < 4.78 is 2.20. The summed E-state index contributed by atoms with van der Waals surface area (Å²) in [5.41, 5.74) is 0.864. The monoisotopic (exact) mass is 386 g/mol. The first-order valence-corrected chi connectivity index (χ1v) is 11.1. The highest BCUT2D eigenvalue weighted by Gasteiger charge is 2.19. The van der Waals surface area contributed by atoms with E-state index < -0.39 is 0 Å². The molecule has 1 fully saturated rings. The summed E-state index contributed by atoms with van der Waals surface area (Å²) in [6.45, 7) is 6.65. The van der Waals surface area contributed by atoms with E-state index >= 15 is 0 Å². The van der Waals surface area contributed by atoms with Crippen LogP contribution in [0.15, 0.2) is 52.5 Å². The van der Waals surface area contributed by atoms with Crippen LogP contribution in [0.1, 0.15) is 39.0 Å². The fourth-order valence-corrected chi connectivity index (χ4v) is 4.91. The summed E-state index contributed by atoms with van der Waals surface area (Å²) in [6, 6.07) is 5.91. The maximum Gasteiger partial charge on any atom is 0.191 e. The van der Waals surface area contributed by atoms with Crippen molar-refractivity contribution in [2.75, 3.05) is 5.75 Å². The lowest BCUT2D eigenvalue weighted by Crippen LogP contribution is -2.10. The molecule has 0 spiro atoms. The van der Waals surface area contributed by atoms with Crippen molar-refractivity contribution in [3.8, 4) is 11.5 Å². The number of pyridine rings is 1. The zero-order valence-electron chi connectivity index (χ0n) is 15.3. The van der Waals surface area contributed by atoms with E-state index in [1.807, 2.05) is 35.4 Å². The van der Waals surface area contributed by atoms with E-state index in [0.717, 1.165) is 34.9 Å². The number of hydrogen-bond donors (Lipinski definition) is 0. The average Bonchev–Trinajstić information content (AvgIpc) is 3.10. The zero-order chi connectivity index (χ0) is 18.2. The van der Waals surface area contributed by atoms with Gasteiger partial charge in [-0.1, -0.05) is 49.7 Å². The van der Waals surface area contributed by atoms with Crippen LogP contribution >= 0.6 is 23.5 Å². The molecular formula is C20H26N4S2. The van der Waals surface area contributed by atoms with Gasteiger partial charge in [-0.3, -0.25) is 9.55 Å². The fraction of sp³-hybridized carbons (Fsp3) is 0.450. The maximum atomic E-state index is 4.50. The van der Waals surface area contributed by atoms with E-state index in [-0.39, 0.29) is 0 Å². The Kier molecular flexibility index (Phi) is 7.38. The Morgan fingerprint density at radius 3 is 2.81 bits per heavy atom. The van der Waals surface area contributed by atoms with E-state index in [1.54, 1.807) is 18.0 Å². The minimum atomic E-state index is 0.749. The van der Waals surface area contributed by atoms with Gasteiger partial charge >= 0.3 is 0 Å². The Morgan fingerprint density at radius 2 is 2.12 bits per heavy atom. The number of aromatic nitrogens is 4. The minimum absolute atomic E-state index is 0.749. The number of allylic oxidation sites excluding steroid dienone is 2. The molecule has 3 rings (SSSR count). The highest BCUT2D eigenvalue weighted by atomic mass is 32.2. The molecule has 4 nitrogen and oxygen atoms in total. The van der Waals surface area contributed by atoms with E-state index in [0.29, 0.717) is 0 Å². The van der Waals surface area contributed by atoms with Crippen LogP contribution in [-0.4, -0.2) is 25.5 Å². The first-order chi connectivity index (χ1) is 12.8. The van der Waals surface area contributed by atoms with Gasteiger partial charge in [-0.05, 0) is 43.2 Å². The van der Waals surface area contributed by atoms with Gasteiger partial charge in [0, 0.05) is 16.9 Å². The van der Waals surface area contributed by atoms with Gasteiger partial charge in [-0.25, -0.2) is 0 Å². The third-order valence-electron chi connectivity index (χ3n) is 4.65. The van der Waals surface area contributed by atoms with Crippen LogP contribution in [0, 0.1) is 5.92 Å². The molecule has 0 aliphatic heterocycles. The van der Waals surface area contributed by atoms with Gasteiger partial charge in [0.2, 0.25) is 0 Å². The predicted octanol–water partition coefficient (Wildman–Crippen LogP) is 5.79. The second-order valence-electron chi connectivity index (χ2n) is 6.46. The third-order valence-corrected chi connectivity index (χ3v) is 6.69. The van der Waals surface area contributed by atoms with Crippen LogP contribution in [0.4, 0.5) is 0 Å². The molecule has 2 heterocycles. The molecule has 1 aliphatic rings. The highest BCUT2D eigenvalue weighted by Crippen LogP contribution is 2.32. The number of rotatable bonds is 8. The summed E-state index contributed by atoms with van der Waals surface area (Å²) in [5.74, 6) is 2.77. The summed E-state index contributed by atoms with van der Waals surface area (Å²) in [5, 5.41) is 11.8. The van der Waals surface area contributed by atoms with Crippen molar-refractivity contribution >= 4 is 23.5 Å². The van der Waals surface area contributed by atoms with Crippen molar-refractivity contribution in [1.29, 1.82) is 0 Å². The summed E-state index contributed by atoms with van der Waals surface area (Å²) in [6.07, 6.45) is 10.8. The topological polar surface area (TPSA) is 43.6 Å². The molecule has 0 N–H and O–H groups in total. The molecule has 138 valence electrons. The quantitative estimate of drug-likeness (QED) is 0.537. The zero-order valence-corrected chi connectivity index (χ0v) is 16.9.